The Morgan fingerprint density at radius 3 is 2.43 bits per heavy atom. The third kappa shape index (κ3) is 4.17. The highest BCUT2D eigenvalue weighted by molar-refractivity contribution is 7.80. The van der Waals surface area contributed by atoms with Crippen molar-refractivity contribution in [2.24, 2.45) is 0 Å². The maximum absolute atomic E-state index is 12.3. The van der Waals surface area contributed by atoms with Gasteiger partial charge in [0.15, 0.2) is 5.11 Å². The lowest BCUT2D eigenvalue weighted by Crippen LogP contribution is -2.34. The van der Waals surface area contributed by atoms with Gasteiger partial charge >= 0.3 is 0 Å². The molecular weight excluding hydrogens is 420 g/mol. The summed E-state index contributed by atoms with van der Waals surface area (Å²) in [4.78, 5) is 27.5. The average Bonchev–Trinajstić information content (AvgIpc) is 3.18. The number of nitro groups is 1. The van der Waals surface area contributed by atoms with Crippen LogP contribution in [0.5, 0.6) is 0 Å². The van der Waals surface area contributed by atoms with E-state index in [4.69, 9.17) is 12.2 Å². The van der Waals surface area contributed by atoms with Gasteiger partial charge in [0.2, 0.25) is 0 Å². The summed E-state index contributed by atoms with van der Waals surface area (Å²) in [6.45, 7) is 0. The van der Waals surface area contributed by atoms with Crippen LogP contribution in [0.2, 0.25) is 0 Å². The van der Waals surface area contributed by atoms with E-state index in [1.54, 1.807) is 17.4 Å². The lowest BCUT2D eigenvalue weighted by Gasteiger charge is -2.10. The molecule has 2 N–H and O–H groups in total. The number of rotatable bonds is 4. The molecule has 9 heteroatoms. The number of para-hydroxylation sites is 2. The molecule has 30 heavy (non-hydrogen) atoms. The van der Waals surface area contributed by atoms with Gasteiger partial charge in [-0.15, -0.1) is 11.3 Å². The normalized spacial score (nSPS) is 10.5. The van der Waals surface area contributed by atoms with Crippen LogP contribution in [0.1, 0.15) is 10.4 Å². The van der Waals surface area contributed by atoms with Crippen LogP contribution in [0, 0.1) is 10.1 Å². The van der Waals surface area contributed by atoms with E-state index < -0.39 is 10.8 Å². The minimum Gasteiger partial charge on any atom is -0.332 e. The first-order chi connectivity index (χ1) is 14.5. The summed E-state index contributed by atoms with van der Waals surface area (Å²) in [5, 5.41) is 17.4. The first-order valence-corrected chi connectivity index (χ1v) is 10.1. The Bertz CT molecular complexity index is 1240. The number of thiazole rings is 1. The van der Waals surface area contributed by atoms with Crippen molar-refractivity contribution in [2.45, 2.75) is 0 Å². The molecule has 0 saturated heterocycles. The third-order valence-electron chi connectivity index (χ3n) is 4.26. The van der Waals surface area contributed by atoms with Crippen molar-refractivity contribution in [3.8, 4) is 10.6 Å². The summed E-state index contributed by atoms with van der Waals surface area (Å²) in [5.74, 6) is -0.647. The molecule has 0 radical (unpaired) electrons. The van der Waals surface area contributed by atoms with E-state index in [-0.39, 0.29) is 16.4 Å². The number of hydrogen-bond acceptors (Lipinski definition) is 6. The second kappa shape index (κ2) is 8.36. The monoisotopic (exact) mass is 434 g/mol. The number of nitrogens with one attached hydrogen (secondary N) is 2. The van der Waals surface area contributed by atoms with Crippen molar-refractivity contribution in [1.29, 1.82) is 0 Å². The summed E-state index contributed by atoms with van der Waals surface area (Å²) in [6.07, 6.45) is 0. The highest BCUT2D eigenvalue weighted by atomic mass is 32.1. The molecule has 0 unspecified atom stereocenters. The van der Waals surface area contributed by atoms with Crippen LogP contribution in [0.15, 0.2) is 72.8 Å². The summed E-state index contributed by atoms with van der Waals surface area (Å²) in [6, 6.07) is 21.1. The smallest absolute Gasteiger partial charge is 0.282 e. The number of hydrogen-bond donors (Lipinski definition) is 2. The topological polar surface area (TPSA) is 97.2 Å². The van der Waals surface area contributed by atoms with Gasteiger partial charge in [0.05, 0.1) is 15.1 Å². The van der Waals surface area contributed by atoms with Crippen LogP contribution < -0.4 is 10.6 Å². The summed E-state index contributed by atoms with van der Waals surface area (Å²) in [5.41, 5.74) is 2.26. The molecule has 0 saturated carbocycles. The summed E-state index contributed by atoms with van der Waals surface area (Å²) < 4.78 is 1.12. The van der Waals surface area contributed by atoms with Crippen LogP contribution >= 0.6 is 23.6 Å². The summed E-state index contributed by atoms with van der Waals surface area (Å²) in [7, 11) is 0. The van der Waals surface area contributed by atoms with E-state index in [1.165, 1.54) is 18.2 Å². The summed E-state index contributed by atoms with van der Waals surface area (Å²) >= 11 is 6.78. The molecule has 0 aliphatic heterocycles. The molecule has 0 spiro atoms. The number of thiocarbonyl (C=S) groups is 1. The number of nitrogens with zero attached hydrogens (tertiary/aromatic N) is 2. The van der Waals surface area contributed by atoms with Crippen molar-refractivity contribution in [2.75, 3.05) is 5.32 Å². The van der Waals surface area contributed by atoms with E-state index in [1.807, 2.05) is 48.5 Å². The standard InChI is InChI=1S/C21H14N4O3S2/c26-19(15-5-1-3-7-17(15)25(27)28)24-21(29)22-14-11-9-13(10-12-14)20-23-16-6-2-4-8-18(16)30-20/h1-12H,(H2,22,24,26,29). The van der Waals surface area contributed by atoms with E-state index in [0.717, 1.165) is 20.8 Å². The number of carbonyl (C=O) groups excluding carboxylic acids is 1. The highest BCUT2D eigenvalue weighted by Crippen LogP contribution is 2.30. The molecule has 4 rings (SSSR count). The number of benzene rings is 3. The van der Waals surface area contributed by atoms with E-state index in [2.05, 4.69) is 15.6 Å². The number of aromatic nitrogens is 1. The maximum Gasteiger partial charge on any atom is 0.282 e. The van der Waals surface area contributed by atoms with E-state index >= 15 is 0 Å². The number of anilines is 1. The van der Waals surface area contributed by atoms with Crippen molar-refractivity contribution >= 4 is 56.2 Å². The van der Waals surface area contributed by atoms with Gasteiger partial charge in [-0.25, -0.2) is 4.98 Å². The van der Waals surface area contributed by atoms with Crippen molar-refractivity contribution in [3.05, 3.63) is 88.5 Å². The highest BCUT2D eigenvalue weighted by Gasteiger charge is 2.19. The lowest BCUT2D eigenvalue weighted by molar-refractivity contribution is -0.385. The number of amides is 1. The molecular formula is C21H14N4O3S2. The molecule has 4 aromatic rings. The number of nitro benzene ring substituents is 1. The molecule has 0 atom stereocenters. The largest absolute Gasteiger partial charge is 0.332 e. The van der Waals surface area contributed by atoms with Gasteiger partial charge in [-0.05, 0) is 54.7 Å². The molecule has 1 heterocycles. The van der Waals surface area contributed by atoms with Gasteiger partial charge in [-0.3, -0.25) is 20.2 Å². The van der Waals surface area contributed by atoms with Gasteiger partial charge in [0, 0.05) is 17.3 Å². The van der Waals surface area contributed by atoms with Crippen LogP contribution in [-0.2, 0) is 0 Å². The Balaban J connectivity index is 1.44. The number of fused-ring (bicyclic) bond motifs is 1. The van der Waals surface area contributed by atoms with Gasteiger partial charge in [0.1, 0.15) is 10.6 Å². The van der Waals surface area contributed by atoms with Crippen LogP contribution in [0.3, 0.4) is 0 Å². The van der Waals surface area contributed by atoms with E-state index in [0.29, 0.717) is 5.69 Å². The van der Waals surface area contributed by atoms with Crippen molar-refractivity contribution < 1.29 is 9.72 Å². The fraction of sp³-hybridized carbons (Fsp3) is 0. The fourth-order valence-electron chi connectivity index (χ4n) is 2.85. The second-order valence-corrected chi connectivity index (χ2v) is 7.69. The molecule has 7 nitrogen and oxygen atoms in total. The van der Waals surface area contributed by atoms with Gasteiger partial charge in [-0.1, -0.05) is 24.3 Å². The van der Waals surface area contributed by atoms with Crippen molar-refractivity contribution in [3.63, 3.8) is 0 Å². The molecule has 0 aliphatic carbocycles. The van der Waals surface area contributed by atoms with Gasteiger partial charge in [-0.2, -0.15) is 0 Å². The second-order valence-electron chi connectivity index (χ2n) is 6.25. The zero-order valence-corrected chi connectivity index (χ0v) is 17.0. The Morgan fingerprint density at radius 1 is 1.00 bits per heavy atom. The van der Waals surface area contributed by atoms with Crippen LogP contribution in [0.25, 0.3) is 20.8 Å². The Labute approximate surface area is 180 Å². The average molecular weight is 435 g/mol. The molecule has 0 fully saturated rings. The first kappa shape index (κ1) is 19.6. The van der Waals surface area contributed by atoms with Crippen molar-refractivity contribution in [1.82, 2.24) is 10.3 Å². The SMILES string of the molecule is O=C(NC(=S)Nc1ccc(-c2nc3ccccc3s2)cc1)c1ccccc1[N+](=O)[O-]. The molecule has 0 bridgehead atoms. The zero-order valence-electron chi connectivity index (χ0n) is 15.4. The van der Waals surface area contributed by atoms with E-state index in [9.17, 15) is 14.9 Å². The fourth-order valence-corrected chi connectivity index (χ4v) is 4.03. The van der Waals surface area contributed by atoms with Gasteiger partial charge < -0.3 is 5.32 Å². The molecule has 1 aromatic heterocycles. The lowest BCUT2D eigenvalue weighted by atomic mass is 10.1. The Hall–Kier alpha value is -3.69. The molecule has 0 aliphatic rings. The third-order valence-corrected chi connectivity index (χ3v) is 5.55. The van der Waals surface area contributed by atoms with Crippen LogP contribution in [-0.4, -0.2) is 20.9 Å². The Kier molecular flexibility index (Phi) is 5.46. The first-order valence-electron chi connectivity index (χ1n) is 8.83. The Morgan fingerprint density at radius 2 is 1.70 bits per heavy atom. The quantitative estimate of drug-likeness (QED) is 0.267. The van der Waals surface area contributed by atoms with Crippen LogP contribution in [0.4, 0.5) is 11.4 Å². The molecule has 3 aromatic carbocycles. The minimum atomic E-state index is -0.647. The predicted octanol–water partition coefficient (Wildman–Crippen LogP) is 5.00. The zero-order chi connectivity index (χ0) is 21.1. The molecule has 1 amide bonds. The predicted molar refractivity (Wildman–Crippen MR) is 122 cm³/mol. The minimum absolute atomic E-state index is 0.0471. The molecule has 148 valence electrons. The van der Waals surface area contributed by atoms with Gasteiger partial charge in [0.25, 0.3) is 11.6 Å². The number of carbonyl (C=O) groups is 1. The maximum atomic E-state index is 12.3.